The second-order valence-corrected chi connectivity index (χ2v) is 15.3. The van der Waals surface area contributed by atoms with Crippen molar-refractivity contribution in [3.05, 3.63) is 60.2 Å². The van der Waals surface area contributed by atoms with Crippen LogP contribution in [0.4, 0.5) is 11.6 Å². The summed E-state index contributed by atoms with van der Waals surface area (Å²) in [6.07, 6.45) is 0. The van der Waals surface area contributed by atoms with E-state index in [2.05, 4.69) is 57.5 Å². The molecule has 4 aromatic rings. The molecule has 0 unspecified atom stereocenters. The Morgan fingerprint density at radius 1 is 0.702 bits per heavy atom. The van der Waals surface area contributed by atoms with Crippen LogP contribution < -0.4 is 26.0 Å². The number of benzene rings is 2. The zero-order chi connectivity index (χ0) is 34.8. The number of hydrogen-bond acceptors (Lipinski definition) is 13. The molecule has 0 atom stereocenters. The average molecular weight is 769 g/mol. The number of para-hydroxylation sites is 2. The predicted molar refractivity (Wildman–Crippen MR) is 197 cm³/mol. The second kappa shape index (κ2) is 23.8. The number of halogens is 3. The summed E-state index contributed by atoms with van der Waals surface area (Å²) < 4.78 is 65.0. The number of nitrogens with one attached hydrogen (secondary N) is 3. The Hall–Kier alpha value is -2.49. The summed E-state index contributed by atoms with van der Waals surface area (Å²) in [4.78, 5) is 16.8. The number of aryl methyl sites for hydroxylation is 2. The van der Waals surface area contributed by atoms with Gasteiger partial charge in [-0.2, -0.15) is 0 Å². The van der Waals surface area contributed by atoms with Gasteiger partial charge in [0.2, 0.25) is 45.1 Å². The van der Waals surface area contributed by atoms with E-state index in [4.69, 9.17) is 36.9 Å². The number of nitrogen functional groups attached to an aromatic ring is 1. The molecule has 0 saturated heterocycles. The second-order valence-electron chi connectivity index (χ2n) is 7.85. The summed E-state index contributed by atoms with van der Waals surface area (Å²) in [5, 5.41) is 3.40. The first-order valence-corrected chi connectivity index (χ1v) is 18.6. The maximum atomic E-state index is 11.3. The average Bonchev–Trinajstić information content (AvgIpc) is 3.01. The molecule has 4 rings (SSSR count). The molecule has 2 aromatic carbocycles. The normalized spacial score (nSPS) is 10.4. The van der Waals surface area contributed by atoms with Gasteiger partial charge in [0.05, 0.1) is 11.0 Å². The fourth-order valence-electron chi connectivity index (χ4n) is 2.79. The first kappa shape index (κ1) is 48.9. The molecule has 2 heterocycles. The van der Waals surface area contributed by atoms with Crippen LogP contribution in [0.5, 0.6) is 0 Å². The third-order valence-corrected chi connectivity index (χ3v) is 8.70. The molecular formula is C23H35B3Cl3N9O6S3. The van der Waals surface area contributed by atoms with Crippen LogP contribution in [0, 0.1) is 13.8 Å². The molecule has 47 heavy (non-hydrogen) atoms. The number of nitrogens with zero attached hydrogens (tertiary/aromatic N) is 4. The third-order valence-electron chi connectivity index (χ3n) is 4.52. The van der Waals surface area contributed by atoms with E-state index in [1.54, 1.807) is 11.6 Å². The van der Waals surface area contributed by atoms with Crippen molar-refractivity contribution < 1.29 is 25.3 Å². The Morgan fingerprint density at radius 2 is 1.11 bits per heavy atom. The summed E-state index contributed by atoms with van der Waals surface area (Å²) in [6, 6.07) is 15.1. The largest absolute Gasteiger partial charge is 0.383 e. The first-order valence-electron chi connectivity index (χ1n) is 11.7. The van der Waals surface area contributed by atoms with Gasteiger partial charge in [-0.15, -0.1) is 23.2 Å². The van der Waals surface area contributed by atoms with Crippen molar-refractivity contribution in [1.82, 2.24) is 29.2 Å². The lowest BCUT2D eigenvalue weighted by molar-refractivity contribution is 0.594. The Labute approximate surface area is 295 Å². The molecule has 0 fully saturated rings. The highest BCUT2D eigenvalue weighted by Crippen LogP contribution is 2.19. The van der Waals surface area contributed by atoms with Gasteiger partial charge in [-0.05, 0) is 38.1 Å². The van der Waals surface area contributed by atoms with Gasteiger partial charge in [-0.25, -0.2) is 45.2 Å². The van der Waals surface area contributed by atoms with E-state index in [-0.39, 0.29) is 20.7 Å². The smallest absolute Gasteiger partial charge is 0.246 e. The Bertz CT molecular complexity index is 1840. The van der Waals surface area contributed by atoms with Gasteiger partial charge >= 0.3 is 0 Å². The monoisotopic (exact) mass is 767 g/mol. The molecule has 0 aliphatic rings. The van der Waals surface area contributed by atoms with Crippen LogP contribution in [0.2, 0.25) is 0 Å². The van der Waals surface area contributed by atoms with E-state index < -0.39 is 39.5 Å². The van der Waals surface area contributed by atoms with Crippen molar-refractivity contribution in [2.75, 3.05) is 27.4 Å². The van der Waals surface area contributed by atoms with Crippen molar-refractivity contribution in [3.63, 3.8) is 0 Å². The number of rotatable bonds is 7. The van der Waals surface area contributed by atoms with E-state index in [1.165, 1.54) is 4.63 Å². The lowest BCUT2D eigenvalue weighted by Crippen LogP contribution is -2.27. The lowest BCUT2D eigenvalue weighted by Gasteiger charge is -2.09. The van der Waals surface area contributed by atoms with Gasteiger partial charge < -0.3 is 16.7 Å². The highest BCUT2D eigenvalue weighted by molar-refractivity contribution is 8.14. The van der Waals surface area contributed by atoms with Crippen LogP contribution >= 0.6 is 33.9 Å². The number of fused-ring (bicyclic) bond motifs is 2. The van der Waals surface area contributed by atoms with Crippen molar-refractivity contribution >= 4 is 120 Å². The SMILES string of the molecule is C.C.Cc1nc(N)c2ccccc2n1.O=S(=O)(Cl)CCl.[B]N.[B]NS(=O)(=O)CCl.[B]NS(=O)(=O)CNc1nc(C)nc2ccccc12. The molecule has 2 aromatic heterocycles. The van der Waals surface area contributed by atoms with Crippen LogP contribution in [0.3, 0.4) is 0 Å². The minimum atomic E-state index is -3.54. The molecular weight excluding hydrogens is 733 g/mol. The maximum absolute atomic E-state index is 11.3. The summed E-state index contributed by atoms with van der Waals surface area (Å²) in [7, 11) is 7.62. The summed E-state index contributed by atoms with van der Waals surface area (Å²) in [5.41, 5.74) is 11.4. The number of sulfonamides is 2. The quantitative estimate of drug-likeness (QED) is 0.103. The zero-order valence-electron chi connectivity index (χ0n) is 23.7. The number of hydrogen-bond donors (Lipinski definition) is 5. The zero-order valence-corrected chi connectivity index (χ0v) is 28.4. The molecule has 6 radical (unpaired) electrons. The topological polar surface area (TPSA) is 242 Å². The molecule has 0 spiro atoms. The fourth-order valence-corrected chi connectivity index (χ4v) is 3.45. The molecule has 0 amide bonds. The van der Waals surface area contributed by atoms with Crippen molar-refractivity contribution in [1.29, 1.82) is 0 Å². The highest BCUT2D eigenvalue weighted by Gasteiger charge is 2.10. The number of anilines is 2. The predicted octanol–water partition coefficient (Wildman–Crippen LogP) is 2.07. The van der Waals surface area contributed by atoms with Crippen molar-refractivity contribution in [2.45, 2.75) is 28.7 Å². The Balaban J connectivity index is -0.000000581. The molecule has 0 aliphatic heterocycles. The molecule has 0 aliphatic carbocycles. The number of nitrogens with two attached hydrogens (primary N) is 2. The highest BCUT2D eigenvalue weighted by atomic mass is 35.7. The summed E-state index contributed by atoms with van der Waals surface area (Å²) in [5.74, 6) is 1.96. The molecule has 7 N–H and O–H groups in total. The lowest BCUT2D eigenvalue weighted by atomic mass is 10.2. The maximum Gasteiger partial charge on any atom is 0.246 e. The van der Waals surface area contributed by atoms with Gasteiger partial charge in [0, 0.05) is 21.5 Å². The van der Waals surface area contributed by atoms with Crippen molar-refractivity contribution in [2.24, 2.45) is 5.64 Å². The van der Waals surface area contributed by atoms with E-state index >= 15 is 0 Å². The van der Waals surface area contributed by atoms with Crippen LogP contribution in [-0.2, 0) is 29.1 Å². The van der Waals surface area contributed by atoms with E-state index in [0.717, 1.165) is 21.8 Å². The van der Waals surface area contributed by atoms with Gasteiger partial charge in [0.25, 0.3) is 0 Å². The van der Waals surface area contributed by atoms with Gasteiger partial charge in [0.15, 0.2) is 7.98 Å². The fraction of sp³-hybridized carbons (Fsp3) is 0.304. The minimum absolute atomic E-state index is 0. The number of alkyl halides is 2. The van der Waals surface area contributed by atoms with Gasteiger partial charge in [0.1, 0.15) is 39.6 Å². The van der Waals surface area contributed by atoms with Gasteiger partial charge in [-0.3, -0.25) is 9.27 Å². The molecule has 0 bridgehead atoms. The Morgan fingerprint density at radius 3 is 1.51 bits per heavy atom. The molecule has 256 valence electrons. The third kappa shape index (κ3) is 19.8. The van der Waals surface area contributed by atoms with Crippen LogP contribution in [-0.4, -0.2) is 85.4 Å². The summed E-state index contributed by atoms with van der Waals surface area (Å²) >= 11 is 9.62. The molecule has 24 heteroatoms. The van der Waals surface area contributed by atoms with E-state index in [0.29, 0.717) is 23.3 Å². The van der Waals surface area contributed by atoms with Crippen LogP contribution in [0.15, 0.2) is 48.5 Å². The van der Waals surface area contributed by atoms with Crippen LogP contribution in [0.1, 0.15) is 26.5 Å². The Kier molecular flexibility index (Phi) is 24.7. The van der Waals surface area contributed by atoms with E-state index in [9.17, 15) is 25.3 Å². The van der Waals surface area contributed by atoms with Crippen molar-refractivity contribution in [3.8, 4) is 0 Å². The number of aromatic nitrogens is 4. The first-order chi connectivity index (χ1) is 21.0. The summed E-state index contributed by atoms with van der Waals surface area (Å²) in [6.45, 7) is 3.58. The molecule has 15 nitrogen and oxygen atoms in total. The minimum Gasteiger partial charge on any atom is -0.383 e. The molecule has 0 saturated carbocycles. The van der Waals surface area contributed by atoms with Gasteiger partial charge in [-0.1, -0.05) is 39.1 Å². The standard InChI is InChI=1S/C10H11BN4O2S.C9H9N3.CH3BClNO2S.CH2Cl2O2S.2CH4.BH2N/c1-7-13-9-5-3-2-4-8(9)10(14-7)12-6-18(16,17)15-11;1-6-11-8-5-3-2-4-7(8)9(10)12-6;2-4-7(5,6)1-3;2-1-6(3,4)5;;;1-2/h2-5,15H,6H2,1H3,(H,12,13,14);2-5H,1H3,(H2,10,11,12);4H,1H2;1H2;2*1H4;2H2. The van der Waals surface area contributed by atoms with Crippen LogP contribution in [0.25, 0.3) is 21.8 Å². The van der Waals surface area contributed by atoms with E-state index in [1.807, 2.05) is 55.5 Å².